The van der Waals surface area contributed by atoms with Gasteiger partial charge in [0, 0.05) is 29.1 Å². The van der Waals surface area contributed by atoms with E-state index in [4.69, 9.17) is 9.15 Å². The van der Waals surface area contributed by atoms with E-state index in [1.807, 2.05) is 49.4 Å². The van der Waals surface area contributed by atoms with Crippen molar-refractivity contribution in [2.45, 2.75) is 19.1 Å². The van der Waals surface area contributed by atoms with Crippen molar-refractivity contribution in [2.75, 3.05) is 18.5 Å². The molecule has 1 aromatic heterocycles. The van der Waals surface area contributed by atoms with Gasteiger partial charge in [0.25, 0.3) is 0 Å². The minimum absolute atomic E-state index is 0. The maximum atomic E-state index is 12.4. The Morgan fingerprint density at radius 2 is 1.96 bits per heavy atom. The molecule has 2 heterocycles. The van der Waals surface area contributed by atoms with Gasteiger partial charge in [-0.1, -0.05) is 18.2 Å². The number of ether oxygens (including phenoxy) is 1. The van der Waals surface area contributed by atoms with Gasteiger partial charge in [0.05, 0.1) is 12.7 Å². The van der Waals surface area contributed by atoms with Crippen molar-refractivity contribution in [1.82, 2.24) is 5.32 Å². The van der Waals surface area contributed by atoms with Crippen molar-refractivity contribution < 1.29 is 13.9 Å². The van der Waals surface area contributed by atoms with E-state index in [9.17, 15) is 4.79 Å². The van der Waals surface area contributed by atoms with E-state index in [0.717, 1.165) is 27.6 Å². The zero-order valence-electron chi connectivity index (χ0n) is 13.2. The largest absolute Gasteiger partial charge is 0.456 e. The summed E-state index contributed by atoms with van der Waals surface area (Å²) in [5, 5.41) is 8.25. The number of nitrogens with one attached hydrogen (secondary N) is 2. The Morgan fingerprint density at radius 3 is 2.79 bits per heavy atom. The first-order valence-electron chi connectivity index (χ1n) is 7.79. The Kier molecular flexibility index (Phi) is 4.76. The van der Waals surface area contributed by atoms with E-state index in [1.165, 1.54) is 0 Å². The topological polar surface area (TPSA) is 63.5 Å². The van der Waals surface area contributed by atoms with Crippen LogP contribution in [0.2, 0.25) is 0 Å². The van der Waals surface area contributed by atoms with Crippen LogP contribution in [-0.4, -0.2) is 31.2 Å². The third-order valence-electron chi connectivity index (χ3n) is 4.25. The van der Waals surface area contributed by atoms with E-state index < -0.39 is 0 Å². The molecule has 0 bridgehead atoms. The summed E-state index contributed by atoms with van der Waals surface area (Å²) in [6.07, 6.45) is -0.140. The van der Waals surface area contributed by atoms with Crippen LogP contribution in [0.25, 0.3) is 21.9 Å². The zero-order chi connectivity index (χ0) is 15.8. The lowest BCUT2D eigenvalue weighted by Gasteiger charge is -2.29. The van der Waals surface area contributed by atoms with Crippen LogP contribution in [0.5, 0.6) is 0 Å². The van der Waals surface area contributed by atoms with Crippen molar-refractivity contribution in [3.05, 3.63) is 42.5 Å². The molecule has 0 radical (unpaired) electrons. The molecule has 1 fully saturated rings. The molecular formula is C18H19ClN2O3. The second-order valence-electron chi connectivity index (χ2n) is 5.81. The van der Waals surface area contributed by atoms with E-state index in [2.05, 4.69) is 10.6 Å². The number of morpholine rings is 1. The fourth-order valence-corrected chi connectivity index (χ4v) is 3.05. The van der Waals surface area contributed by atoms with Crippen LogP contribution in [0.4, 0.5) is 5.69 Å². The summed E-state index contributed by atoms with van der Waals surface area (Å²) >= 11 is 0. The maximum Gasteiger partial charge on any atom is 0.244 e. The second kappa shape index (κ2) is 6.81. The summed E-state index contributed by atoms with van der Waals surface area (Å²) in [7, 11) is 0. The average Bonchev–Trinajstić information content (AvgIpc) is 2.92. The van der Waals surface area contributed by atoms with Crippen LogP contribution in [0, 0.1) is 0 Å². The lowest BCUT2D eigenvalue weighted by molar-refractivity contribution is -0.123. The molecule has 126 valence electrons. The van der Waals surface area contributed by atoms with Crippen molar-refractivity contribution in [2.24, 2.45) is 0 Å². The molecule has 1 amide bonds. The molecule has 0 aliphatic carbocycles. The molecule has 6 heteroatoms. The molecule has 4 rings (SSSR count). The molecule has 2 atom stereocenters. The highest BCUT2D eigenvalue weighted by Gasteiger charge is 2.28. The molecular weight excluding hydrogens is 328 g/mol. The van der Waals surface area contributed by atoms with Gasteiger partial charge in [-0.2, -0.15) is 0 Å². The number of furan rings is 1. The van der Waals surface area contributed by atoms with E-state index in [1.54, 1.807) is 0 Å². The fraction of sp³-hybridized carbons (Fsp3) is 0.278. The monoisotopic (exact) mass is 346 g/mol. The normalized spacial score (nSPS) is 20.7. The minimum Gasteiger partial charge on any atom is -0.456 e. The standard InChI is InChI=1S/C18H18N2O3.ClH/c1-11-17(19-8-9-22-11)18(21)20-12-6-7-14-13-4-2-3-5-15(13)23-16(14)10-12;/h2-7,10-11,17,19H,8-9H2,1H3,(H,20,21);1H/t11-,17+;/m1./s1. The van der Waals surface area contributed by atoms with E-state index in [-0.39, 0.29) is 30.5 Å². The summed E-state index contributed by atoms with van der Waals surface area (Å²) in [4.78, 5) is 12.4. The second-order valence-corrected chi connectivity index (χ2v) is 5.81. The summed E-state index contributed by atoms with van der Waals surface area (Å²) in [5.74, 6) is -0.0901. The van der Waals surface area contributed by atoms with Gasteiger partial charge in [0.1, 0.15) is 17.2 Å². The number of para-hydroxylation sites is 1. The Balaban J connectivity index is 0.00000169. The molecule has 2 aromatic carbocycles. The van der Waals surface area contributed by atoms with Crippen LogP contribution in [0.3, 0.4) is 0 Å². The van der Waals surface area contributed by atoms with Crippen LogP contribution in [0.1, 0.15) is 6.92 Å². The number of rotatable bonds is 2. The molecule has 24 heavy (non-hydrogen) atoms. The average molecular weight is 347 g/mol. The number of carbonyl (C=O) groups is 1. The quantitative estimate of drug-likeness (QED) is 0.747. The number of hydrogen-bond donors (Lipinski definition) is 2. The van der Waals surface area contributed by atoms with Gasteiger partial charge in [0.15, 0.2) is 0 Å². The number of benzene rings is 2. The lowest BCUT2D eigenvalue weighted by Crippen LogP contribution is -2.53. The number of carbonyl (C=O) groups excluding carboxylic acids is 1. The molecule has 5 nitrogen and oxygen atoms in total. The Hall–Kier alpha value is -2.08. The smallest absolute Gasteiger partial charge is 0.244 e. The van der Waals surface area contributed by atoms with Gasteiger partial charge >= 0.3 is 0 Å². The molecule has 0 saturated carbocycles. The third kappa shape index (κ3) is 2.98. The van der Waals surface area contributed by atoms with Crippen LogP contribution in [0.15, 0.2) is 46.9 Å². The predicted molar refractivity (Wildman–Crippen MR) is 96.8 cm³/mol. The van der Waals surface area contributed by atoms with E-state index in [0.29, 0.717) is 13.2 Å². The summed E-state index contributed by atoms with van der Waals surface area (Å²) in [6.45, 7) is 3.22. The summed E-state index contributed by atoms with van der Waals surface area (Å²) in [5.41, 5.74) is 2.34. The van der Waals surface area contributed by atoms with Gasteiger partial charge in [0.2, 0.25) is 5.91 Å². The highest BCUT2D eigenvalue weighted by Crippen LogP contribution is 2.30. The molecule has 2 N–H and O–H groups in total. The molecule has 1 aliphatic heterocycles. The number of amides is 1. The first-order chi connectivity index (χ1) is 11.2. The highest BCUT2D eigenvalue weighted by molar-refractivity contribution is 6.06. The molecule has 0 spiro atoms. The van der Waals surface area contributed by atoms with Gasteiger partial charge in [-0.05, 0) is 25.1 Å². The van der Waals surface area contributed by atoms with Crippen LogP contribution >= 0.6 is 12.4 Å². The molecule has 1 aliphatic rings. The highest BCUT2D eigenvalue weighted by atomic mass is 35.5. The predicted octanol–water partition coefficient (Wildman–Crippen LogP) is 3.32. The van der Waals surface area contributed by atoms with Crippen LogP contribution < -0.4 is 10.6 Å². The van der Waals surface area contributed by atoms with Crippen LogP contribution in [-0.2, 0) is 9.53 Å². The Labute approximate surface area is 145 Å². The van der Waals surface area contributed by atoms with Gasteiger partial charge < -0.3 is 19.8 Å². The SMILES string of the molecule is C[C@H]1OCCN[C@@H]1C(=O)Nc1ccc2c(c1)oc1ccccc12.Cl. The minimum atomic E-state index is -0.338. The zero-order valence-corrected chi connectivity index (χ0v) is 14.1. The Morgan fingerprint density at radius 1 is 1.17 bits per heavy atom. The van der Waals surface area contributed by atoms with Gasteiger partial charge in [-0.3, -0.25) is 4.79 Å². The Bertz CT molecular complexity index is 877. The summed E-state index contributed by atoms with van der Waals surface area (Å²) < 4.78 is 11.4. The fourth-order valence-electron chi connectivity index (χ4n) is 3.05. The number of halogens is 1. The first-order valence-corrected chi connectivity index (χ1v) is 7.79. The lowest BCUT2D eigenvalue weighted by atomic mass is 10.1. The van der Waals surface area contributed by atoms with Gasteiger partial charge in [-0.15, -0.1) is 12.4 Å². The number of hydrogen-bond acceptors (Lipinski definition) is 4. The van der Waals surface area contributed by atoms with Crippen molar-refractivity contribution in [1.29, 1.82) is 0 Å². The van der Waals surface area contributed by atoms with Crippen molar-refractivity contribution in [3.8, 4) is 0 Å². The van der Waals surface area contributed by atoms with Gasteiger partial charge in [-0.25, -0.2) is 0 Å². The molecule has 3 aromatic rings. The third-order valence-corrected chi connectivity index (χ3v) is 4.25. The molecule has 0 unspecified atom stereocenters. The van der Waals surface area contributed by atoms with E-state index >= 15 is 0 Å². The van der Waals surface area contributed by atoms with Crippen molar-refractivity contribution >= 4 is 45.9 Å². The molecule has 1 saturated heterocycles. The number of fused-ring (bicyclic) bond motifs is 3. The summed E-state index contributed by atoms with van der Waals surface area (Å²) in [6, 6.07) is 13.3. The first kappa shape index (κ1) is 16.8. The van der Waals surface area contributed by atoms with Crippen molar-refractivity contribution in [3.63, 3.8) is 0 Å². The number of anilines is 1. The maximum absolute atomic E-state index is 12.4.